The van der Waals surface area contributed by atoms with Crippen LogP contribution in [0.15, 0.2) is 59.1 Å². The number of carbonyl (C=O) groups excluding carboxylic acids is 1. The van der Waals surface area contributed by atoms with E-state index in [1.54, 1.807) is 4.90 Å². The summed E-state index contributed by atoms with van der Waals surface area (Å²) in [7, 11) is 0. The number of ether oxygens (including phenoxy) is 1. The van der Waals surface area contributed by atoms with Gasteiger partial charge in [-0.3, -0.25) is 0 Å². The van der Waals surface area contributed by atoms with Crippen LogP contribution in [0.2, 0.25) is 0 Å². The average molecular weight is 376 g/mol. The Bertz CT molecular complexity index is 628. The van der Waals surface area contributed by atoms with Gasteiger partial charge >= 0.3 is 6.09 Å². The Balaban J connectivity index is 2.02. The molecule has 0 bridgehead atoms. The summed E-state index contributed by atoms with van der Waals surface area (Å²) in [5, 5.41) is 0. The second-order valence-corrected chi connectivity index (χ2v) is 6.76. The van der Waals surface area contributed by atoms with Gasteiger partial charge < -0.3 is 9.64 Å². The average Bonchev–Trinajstić information content (AvgIpc) is 2.54. The second kappa shape index (κ2) is 8.73. The SMILES string of the molecule is CC(C)CN(Cc1ccccc1Br)C(=O)OCc1ccccc1. The minimum absolute atomic E-state index is 0.279. The summed E-state index contributed by atoms with van der Waals surface area (Å²) in [5.41, 5.74) is 2.07. The molecule has 0 spiro atoms. The van der Waals surface area contributed by atoms with Gasteiger partial charge in [0.15, 0.2) is 0 Å². The molecular formula is C19H22BrNO2. The standard InChI is InChI=1S/C19H22BrNO2/c1-15(2)12-21(13-17-10-6-7-11-18(17)20)19(22)23-14-16-8-4-3-5-9-16/h3-11,15H,12-14H2,1-2H3. The van der Waals surface area contributed by atoms with Crippen molar-refractivity contribution in [2.75, 3.05) is 6.54 Å². The van der Waals surface area contributed by atoms with E-state index < -0.39 is 0 Å². The predicted octanol–water partition coefficient (Wildman–Crippen LogP) is 5.24. The van der Waals surface area contributed by atoms with Crippen LogP contribution in [0.5, 0.6) is 0 Å². The van der Waals surface area contributed by atoms with Crippen LogP contribution < -0.4 is 0 Å². The van der Waals surface area contributed by atoms with E-state index in [0.29, 0.717) is 25.6 Å². The van der Waals surface area contributed by atoms with E-state index in [0.717, 1.165) is 15.6 Å². The Morgan fingerprint density at radius 3 is 2.39 bits per heavy atom. The van der Waals surface area contributed by atoms with Gasteiger partial charge in [-0.15, -0.1) is 0 Å². The van der Waals surface area contributed by atoms with Gasteiger partial charge in [0.2, 0.25) is 0 Å². The zero-order valence-corrected chi connectivity index (χ0v) is 15.1. The summed E-state index contributed by atoms with van der Waals surface area (Å²) >= 11 is 3.54. The summed E-state index contributed by atoms with van der Waals surface area (Å²) in [6, 6.07) is 17.7. The van der Waals surface area contributed by atoms with Crippen molar-refractivity contribution < 1.29 is 9.53 Å². The highest BCUT2D eigenvalue weighted by Crippen LogP contribution is 2.19. The Kier molecular flexibility index (Phi) is 6.66. The topological polar surface area (TPSA) is 29.5 Å². The molecule has 2 aromatic carbocycles. The Hall–Kier alpha value is -1.81. The fraction of sp³-hybridized carbons (Fsp3) is 0.316. The quantitative estimate of drug-likeness (QED) is 0.690. The normalized spacial score (nSPS) is 10.6. The first kappa shape index (κ1) is 17.5. The first-order chi connectivity index (χ1) is 11.1. The van der Waals surface area contributed by atoms with Crippen molar-refractivity contribution in [1.29, 1.82) is 0 Å². The molecule has 0 aromatic heterocycles. The fourth-order valence-electron chi connectivity index (χ4n) is 2.29. The Labute approximate surface area is 146 Å². The lowest BCUT2D eigenvalue weighted by Gasteiger charge is -2.24. The van der Waals surface area contributed by atoms with Gasteiger partial charge in [0, 0.05) is 11.0 Å². The Morgan fingerprint density at radius 1 is 1.09 bits per heavy atom. The van der Waals surface area contributed by atoms with Crippen molar-refractivity contribution in [2.24, 2.45) is 5.92 Å². The molecule has 0 radical (unpaired) electrons. The summed E-state index contributed by atoms with van der Waals surface area (Å²) in [6.07, 6.45) is -0.279. The number of carbonyl (C=O) groups is 1. The molecule has 4 heteroatoms. The fourth-order valence-corrected chi connectivity index (χ4v) is 2.70. The summed E-state index contributed by atoms with van der Waals surface area (Å²) < 4.78 is 6.48. The molecule has 0 saturated heterocycles. The van der Waals surface area contributed by atoms with Gasteiger partial charge in [-0.1, -0.05) is 78.3 Å². The smallest absolute Gasteiger partial charge is 0.410 e. The van der Waals surface area contributed by atoms with Crippen LogP contribution in [0.3, 0.4) is 0 Å². The highest BCUT2D eigenvalue weighted by molar-refractivity contribution is 9.10. The molecule has 0 aliphatic heterocycles. The molecule has 0 heterocycles. The van der Waals surface area contributed by atoms with Crippen molar-refractivity contribution in [3.63, 3.8) is 0 Å². The summed E-state index contributed by atoms with van der Waals surface area (Å²) in [5.74, 6) is 0.377. The lowest BCUT2D eigenvalue weighted by Crippen LogP contribution is -2.34. The highest BCUT2D eigenvalue weighted by Gasteiger charge is 2.18. The number of hydrogen-bond donors (Lipinski definition) is 0. The molecule has 0 aliphatic carbocycles. The highest BCUT2D eigenvalue weighted by atomic mass is 79.9. The third-order valence-corrected chi connectivity index (χ3v) is 4.14. The van der Waals surface area contributed by atoms with Crippen LogP contribution >= 0.6 is 15.9 Å². The monoisotopic (exact) mass is 375 g/mol. The van der Waals surface area contributed by atoms with E-state index in [4.69, 9.17) is 4.74 Å². The van der Waals surface area contributed by atoms with E-state index in [-0.39, 0.29) is 6.09 Å². The minimum Gasteiger partial charge on any atom is -0.445 e. The van der Waals surface area contributed by atoms with Gasteiger partial charge in [-0.2, -0.15) is 0 Å². The zero-order chi connectivity index (χ0) is 16.7. The molecule has 0 aliphatic rings. The summed E-state index contributed by atoms with van der Waals surface area (Å²) in [4.78, 5) is 14.2. The van der Waals surface area contributed by atoms with E-state index >= 15 is 0 Å². The van der Waals surface area contributed by atoms with Crippen LogP contribution in [0.1, 0.15) is 25.0 Å². The van der Waals surface area contributed by atoms with E-state index in [1.807, 2.05) is 54.6 Å². The van der Waals surface area contributed by atoms with E-state index in [9.17, 15) is 4.79 Å². The molecule has 122 valence electrons. The summed E-state index contributed by atoms with van der Waals surface area (Å²) in [6.45, 7) is 5.68. The number of amides is 1. The van der Waals surface area contributed by atoms with Gasteiger partial charge in [0.05, 0.1) is 6.54 Å². The minimum atomic E-state index is -0.279. The molecule has 0 fully saturated rings. The molecule has 0 unspecified atom stereocenters. The van der Waals surface area contributed by atoms with Crippen LogP contribution in [0.25, 0.3) is 0 Å². The predicted molar refractivity (Wildman–Crippen MR) is 96.0 cm³/mol. The lowest BCUT2D eigenvalue weighted by molar-refractivity contribution is 0.0892. The molecular weight excluding hydrogens is 354 g/mol. The molecule has 3 nitrogen and oxygen atoms in total. The van der Waals surface area contributed by atoms with Gasteiger partial charge in [-0.05, 0) is 23.1 Å². The van der Waals surface area contributed by atoms with Crippen LogP contribution in [0.4, 0.5) is 4.79 Å². The Morgan fingerprint density at radius 2 is 1.74 bits per heavy atom. The van der Waals surface area contributed by atoms with Crippen molar-refractivity contribution in [3.8, 4) is 0 Å². The van der Waals surface area contributed by atoms with E-state index in [2.05, 4.69) is 29.8 Å². The number of halogens is 1. The first-order valence-electron chi connectivity index (χ1n) is 7.75. The molecule has 2 aromatic rings. The molecule has 0 atom stereocenters. The van der Waals surface area contributed by atoms with Crippen LogP contribution in [0, 0.1) is 5.92 Å². The number of hydrogen-bond acceptors (Lipinski definition) is 2. The van der Waals surface area contributed by atoms with Gasteiger partial charge in [0.25, 0.3) is 0 Å². The molecule has 23 heavy (non-hydrogen) atoms. The maximum absolute atomic E-state index is 12.5. The van der Waals surface area contributed by atoms with Crippen molar-refractivity contribution in [3.05, 3.63) is 70.2 Å². The van der Waals surface area contributed by atoms with E-state index in [1.165, 1.54) is 0 Å². The molecule has 0 N–H and O–H groups in total. The van der Waals surface area contributed by atoms with Crippen molar-refractivity contribution >= 4 is 22.0 Å². The van der Waals surface area contributed by atoms with Gasteiger partial charge in [-0.25, -0.2) is 4.79 Å². The van der Waals surface area contributed by atoms with Crippen molar-refractivity contribution in [1.82, 2.24) is 4.90 Å². The maximum Gasteiger partial charge on any atom is 0.410 e. The third kappa shape index (κ3) is 5.71. The van der Waals surface area contributed by atoms with Crippen LogP contribution in [-0.4, -0.2) is 17.5 Å². The molecule has 1 amide bonds. The third-order valence-electron chi connectivity index (χ3n) is 3.37. The van der Waals surface area contributed by atoms with Crippen LogP contribution in [-0.2, 0) is 17.9 Å². The second-order valence-electron chi connectivity index (χ2n) is 5.91. The number of rotatable bonds is 6. The largest absolute Gasteiger partial charge is 0.445 e. The van der Waals surface area contributed by atoms with Gasteiger partial charge in [0.1, 0.15) is 6.61 Å². The first-order valence-corrected chi connectivity index (χ1v) is 8.54. The van der Waals surface area contributed by atoms with Crippen molar-refractivity contribution in [2.45, 2.75) is 27.0 Å². The maximum atomic E-state index is 12.5. The molecule has 2 rings (SSSR count). The number of benzene rings is 2. The molecule has 0 saturated carbocycles. The lowest BCUT2D eigenvalue weighted by atomic mass is 10.1. The number of nitrogens with zero attached hydrogens (tertiary/aromatic N) is 1. The zero-order valence-electron chi connectivity index (χ0n) is 13.5.